The van der Waals surface area contributed by atoms with E-state index in [9.17, 15) is 9.59 Å². The van der Waals surface area contributed by atoms with Crippen molar-refractivity contribution in [3.05, 3.63) is 29.8 Å². The fourth-order valence-corrected chi connectivity index (χ4v) is 3.71. The Morgan fingerprint density at radius 2 is 2.00 bits per heavy atom. The van der Waals surface area contributed by atoms with Gasteiger partial charge in [0.05, 0.1) is 19.0 Å². The van der Waals surface area contributed by atoms with Crippen molar-refractivity contribution in [3.63, 3.8) is 0 Å². The third-order valence-corrected chi connectivity index (χ3v) is 5.01. The number of esters is 1. The molecule has 5 nitrogen and oxygen atoms in total. The highest BCUT2D eigenvalue weighted by Gasteiger charge is 2.34. The zero-order valence-electron chi connectivity index (χ0n) is 14.3. The standard InChI is InChI=1S/C18H25NO4S/c1-3-5-6-11-23-17(21)12-19-16(20)13-24-18(19)14-7-9-15(10-8-14)22-4-2/h7-10,18H,3-6,11-13H2,1-2H3. The summed E-state index contributed by atoms with van der Waals surface area (Å²) in [6.07, 6.45) is 2.99. The second-order valence-corrected chi connectivity index (χ2v) is 6.68. The van der Waals surface area contributed by atoms with Crippen molar-refractivity contribution in [1.29, 1.82) is 0 Å². The summed E-state index contributed by atoms with van der Waals surface area (Å²) in [4.78, 5) is 25.7. The van der Waals surface area contributed by atoms with Gasteiger partial charge >= 0.3 is 5.97 Å². The van der Waals surface area contributed by atoms with Crippen molar-refractivity contribution < 1.29 is 19.1 Å². The van der Waals surface area contributed by atoms with E-state index in [-0.39, 0.29) is 23.8 Å². The van der Waals surface area contributed by atoms with Gasteiger partial charge in [-0.05, 0) is 31.0 Å². The lowest BCUT2D eigenvalue weighted by molar-refractivity contribution is -0.148. The Morgan fingerprint density at radius 1 is 1.25 bits per heavy atom. The van der Waals surface area contributed by atoms with Gasteiger partial charge in [-0.25, -0.2) is 0 Å². The van der Waals surface area contributed by atoms with Crippen LogP contribution in [0.3, 0.4) is 0 Å². The van der Waals surface area contributed by atoms with Crippen LogP contribution >= 0.6 is 11.8 Å². The average Bonchev–Trinajstić information content (AvgIpc) is 2.94. The van der Waals surface area contributed by atoms with Crippen LogP contribution in [-0.2, 0) is 14.3 Å². The number of unbranched alkanes of at least 4 members (excludes halogenated alkanes) is 2. The lowest BCUT2D eigenvalue weighted by Gasteiger charge is -2.23. The molecule has 132 valence electrons. The van der Waals surface area contributed by atoms with Gasteiger partial charge in [-0.3, -0.25) is 9.59 Å². The van der Waals surface area contributed by atoms with Gasteiger partial charge in [-0.15, -0.1) is 11.8 Å². The second kappa shape index (κ2) is 9.57. The maximum absolute atomic E-state index is 12.1. The number of carbonyl (C=O) groups excluding carboxylic acids is 2. The number of carbonyl (C=O) groups is 2. The summed E-state index contributed by atoms with van der Waals surface area (Å²) in [6, 6.07) is 7.68. The predicted molar refractivity (Wildman–Crippen MR) is 95.0 cm³/mol. The molecule has 1 fully saturated rings. The Bertz CT molecular complexity index is 546. The maximum atomic E-state index is 12.1. The van der Waals surface area contributed by atoms with E-state index in [4.69, 9.17) is 9.47 Å². The first-order valence-electron chi connectivity index (χ1n) is 8.45. The molecule has 0 bridgehead atoms. The molecule has 1 atom stereocenters. The molecule has 0 N–H and O–H groups in total. The summed E-state index contributed by atoms with van der Waals surface area (Å²) in [6.45, 7) is 5.09. The van der Waals surface area contributed by atoms with E-state index in [0.717, 1.165) is 30.6 Å². The molecule has 0 spiro atoms. The first-order valence-corrected chi connectivity index (χ1v) is 9.50. The molecule has 1 aromatic carbocycles. The summed E-state index contributed by atoms with van der Waals surface area (Å²) < 4.78 is 10.7. The van der Waals surface area contributed by atoms with E-state index in [2.05, 4.69) is 6.92 Å². The zero-order valence-corrected chi connectivity index (χ0v) is 15.1. The van der Waals surface area contributed by atoms with Crippen LogP contribution in [0.2, 0.25) is 0 Å². The molecule has 0 radical (unpaired) electrons. The van der Waals surface area contributed by atoms with Crippen molar-refractivity contribution in [1.82, 2.24) is 4.90 Å². The van der Waals surface area contributed by atoms with Crippen molar-refractivity contribution in [3.8, 4) is 5.75 Å². The van der Waals surface area contributed by atoms with Crippen LogP contribution in [0.15, 0.2) is 24.3 Å². The third-order valence-electron chi connectivity index (χ3n) is 3.75. The van der Waals surface area contributed by atoms with Crippen molar-refractivity contribution in [2.75, 3.05) is 25.5 Å². The fourth-order valence-electron chi connectivity index (χ4n) is 2.52. The first kappa shape index (κ1) is 18.6. The topological polar surface area (TPSA) is 55.8 Å². The van der Waals surface area contributed by atoms with E-state index in [1.54, 1.807) is 4.90 Å². The van der Waals surface area contributed by atoms with Gasteiger partial charge in [0.2, 0.25) is 5.91 Å². The molecule has 1 saturated heterocycles. The molecule has 0 saturated carbocycles. The number of benzene rings is 1. The fraction of sp³-hybridized carbons (Fsp3) is 0.556. The minimum absolute atomic E-state index is 0.00976. The molecule has 6 heteroatoms. The van der Waals surface area contributed by atoms with Crippen LogP contribution in [-0.4, -0.2) is 42.3 Å². The molecule has 1 amide bonds. The Labute approximate surface area is 147 Å². The molecule has 1 aromatic rings. The summed E-state index contributed by atoms with van der Waals surface area (Å²) >= 11 is 1.53. The second-order valence-electron chi connectivity index (χ2n) is 5.61. The van der Waals surface area contributed by atoms with Gasteiger partial charge in [-0.1, -0.05) is 31.9 Å². The minimum atomic E-state index is -0.335. The summed E-state index contributed by atoms with van der Waals surface area (Å²) in [7, 11) is 0. The third kappa shape index (κ3) is 5.16. The molecule has 0 aliphatic carbocycles. The highest BCUT2D eigenvalue weighted by molar-refractivity contribution is 8.00. The van der Waals surface area contributed by atoms with Gasteiger partial charge in [0, 0.05) is 0 Å². The van der Waals surface area contributed by atoms with Gasteiger partial charge in [0.15, 0.2) is 0 Å². The van der Waals surface area contributed by atoms with Crippen molar-refractivity contribution >= 4 is 23.6 Å². The normalized spacial score (nSPS) is 17.2. The number of thioether (sulfide) groups is 1. The molecule has 0 aromatic heterocycles. The number of hydrogen-bond donors (Lipinski definition) is 0. The van der Waals surface area contributed by atoms with Gasteiger partial charge in [0.25, 0.3) is 0 Å². The molecular weight excluding hydrogens is 326 g/mol. The Hall–Kier alpha value is -1.69. The largest absolute Gasteiger partial charge is 0.494 e. The molecule has 1 aliphatic rings. The van der Waals surface area contributed by atoms with Crippen LogP contribution < -0.4 is 4.74 Å². The highest BCUT2D eigenvalue weighted by atomic mass is 32.2. The Morgan fingerprint density at radius 3 is 2.67 bits per heavy atom. The number of nitrogens with zero attached hydrogens (tertiary/aromatic N) is 1. The SMILES string of the molecule is CCCCCOC(=O)CN1C(=O)CSC1c1ccc(OCC)cc1. The zero-order chi connectivity index (χ0) is 17.4. The highest BCUT2D eigenvalue weighted by Crippen LogP contribution is 2.38. The molecule has 2 rings (SSSR count). The molecule has 1 unspecified atom stereocenters. The van der Waals surface area contributed by atoms with Crippen LogP contribution in [0.4, 0.5) is 0 Å². The summed E-state index contributed by atoms with van der Waals surface area (Å²) in [5, 5.41) is -0.142. The smallest absolute Gasteiger partial charge is 0.325 e. The molecule has 1 aliphatic heterocycles. The van der Waals surface area contributed by atoms with E-state index in [1.165, 1.54) is 11.8 Å². The van der Waals surface area contributed by atoms with E-state index < -0.39 is 0 Å². The molecule has 1 heterocycles. The number of ether oxygens (including phenoxy) is 2. The number of hydrogen-bond acceptors (Lipinski definition) is 5. The van der Waals surface area contributed by atoms with Crippen molar-refractivity contribution in [2.24, 2.45) is 0 Å². The van der Waals surface area contributed by atoms with Crippen LogP contribution in [0.25, 0.3) is 0 Å². The van der Waals surface area contributed by atoms with Crippen LogP contribution in [0.1, 0.15) is 44.0 Å². The number of rotatable bonds is 9. The Balaban J connectivity index is 1.94. The number of amides is 1. The molecule has 24 heavy (non-hydrogen) atoms. The van der Waals surface area contributed by atoms with E-state index in [0.29, 0.717) is 19.0 Å². The average molecular weight is 351 g/mol. The van der Waals surface area contributed by atoms with Crippen LogP contribution in [0.5, 0.6) is 5.75 Å². The van der Waals surface area contributed by atoms with Crippen molar-refractivity contribution in [2.45, 2.75) is 38.5 Å². The first-order chi connectivity index (χ1) is 11.7. The van der Waals surface area contributed by atoms with Gasteiger partial charge < -0.3 is 14.4 Å². The van der Waals surface area contributed by atoms with E-state index in [1.807, 2.05) is 31.2 Å². The van der Waals surface area contributed by atoms with Crippen LogP contribution in [0, 0.1) is 0 Å². The minimum Gasteiger partial charge on any atom is -0.494 e. The predicted octanol–water partition coefficient (Wildman–Crippen LogP) is 3.39. The Kier molecular flexibility index (Phi) is 7.43. The molecular formula is C18H25NO4S. The van der Waals surface area contributed by atoms with E-state index >= 15 is 0 Å². The quantitative estimate of drug-likeness (QED) is 0.504. The lowest BCUT2D eigenvalue weighted by atomic mass is 10.2. The monoisotopic (exact) mass is 351 g/mol. The maximum Gasteiger partial charge on any atom is 0.325 e. The van der Waals surface area contributed by atoms with Gasteiger partial charge in [0.1, 0.15) is 17.7 Å². The summed E-state index contributed by atoms with van der Waals surface area (Å²) in [5.41, 5.74) is 0.994. The summed E-state index contributed by atoms with van der Waals surface area (Å²) in [5.74, 6) is 0.834. The lowest BCUT2D eigenvalue weighted by Crippen LogP contribution is -2.34. The van der Waals surface area contributed by atoms with Gasteiger partial charge in [-0.2, -0.15) is 0 Å².